The highest BCUT2D eigenvalue weighted by Crippen LogP contribution is 2.07. The molecule has 18 heavy (non-hydrogen) atoms. The Kier molecular flexibility index (Phi) is 5.67. The molecule has 1 heterocycles. The fourth-order valence-electron chi connectivity index (χ4n) is 1.46. The molecule has 2 aromatic rings. The first-order valence-electron chi connectivity index (χ1n) is 5.43. The third-order valence-corrected chi connectivity index (χ3v) is 2.32. The first-order chi connectivity index (χ1) is 8.75. The van der Waals surface area contributed by atoms with Crippen LogP contribution in [0.5, 0.6) is 0 Å². The maximum absolute atomic E-state index is 12.7. The second-order valence-corrected chi connectivity index (χ2v) is 3.52. The minimum atomic E-state index is -0.251. The van der Waals surface area contributed by atoms with Gasteiger partial charge in [0.25, 0.3) is 0 Å². The third kappa shape index (κ3) is 4.07. The quantitative estimate of drug-likeness (QED) is 0.817. The molecule has 0 aliphatic heterocycles. The summed E-state index contributed by atoms with van der Waals surface area (Å²) < 4.78 is 12.7. The van der Waals surface area contributed by atoms with Crippen LogP contribution in [0.3, 0.4) is 0 Å². The highest BCUT2D eigenvalue weighted by Gasteiger charge is 2.02. The van der Waals surface area contributed by atoms with Crippen LogP contribution in [0.1, 0.15) is 11.1 Å². The van der Waals surface area contributed by atoms with Crippen molar-refractivity contribution in [1.82, 2.24) is 4.98 Å². The Labute approximate surface area is 105 Å². The second kappa shape index (κ2) is 7.29. The van der Waals surface area contributed by atoms with E-state index in [1.807, 2.05) is 0 Å². The van der Waals surface area contributed by atoms with Crippen LogP contribution in [0.4, 0.5) is 4.39 Å². The number of nitrogens with one attached hydrogen (secondary N) is 1. The molecule has 0 atom stereocenters. The number of pyridine rings is 1. The van der Waals surface area contributed by atoms with Crippen molar-refractivity contribution in [3.05, 3.63) is 65.7 Å². The molecule has 2 rings (SSSR count). The number of aromatic nitrogens is 1. The van der Waals surface area contributed by atoms with Crippen LogP contribution < -0.4 is 0 Å². The van der Waals surface area contributed by atoms with E-state index >= 15 is 0 Å². The number of aliphatic hydroxyl groups is 1. The average molecular weight is 246 g/mol. The summed E-state index contributed by atoms with van der Waals surface area (Å²) in [7, 11) is 1.00. The molecule has 4 heteroatoms. The molecule has 1 aromatic carbocycles. The van der Waals surface area contributed by atoms with Crippen molar-refractivity contribution in [1.29, 1.82) is 5.41 Å². The molecule has 0 aliphatic rings. The van der Waals surface area contributed by atoms with Gasteiger partial charge in [-0.2, -0.15) is 0 Å². The van der Waals surface area contributed by atoms with Crippen molar-refractivity contribution in [3.8, 4) is 0 Å². The molecule has 0 amide bonds. The van der Waals surface area contributed by atoms with Crippen molar-refractivity contribution >= 4 is 5.71 Å². The summed E-state index contributed by atoms with van der Waals surface area (Å²) in [6.07, 6.45) is 3.83. The van der Waals surface area contributed by atoms with E-state index in [0.717, 1.165) is 18.2 Å². The van der Waals surface area contributed by atoms with Gasteiger partial charge in [0.05, 0.1) is 0 Å². The molecule has 0 unspecified atom stereocenters. The van der Waals surface area contributed by atoms with Gasteiger partial charge in [-0.05, 0) is 35.4 Å². The maximum Gasteiger partial charge on any atom is 0.123 e. The van der Waals surface area contributed by atoms with Gasteiger partial charge in [-0.15, -0.1) is 0 Å². The van der Waals surface area contributed by atoms with E-state index in [1.165, 1.54) is 12.1 Å². The highest BCUT2D eigenvalue weighted by atomic mass is 19.1. The Morgan fingerprint density at radius 1 is 1.11 bits per heavy atom. The van der Waals surface area contributed by atoms with E-state index in [4.69, 9.17) is 10.5 Å². The summed E-state index contributed by atoms with van der Waals surface area (Å²) in [6.45, 7) is 0. The lowest BCUT2D eigenvalue weighted by molar-refractivity contribution is 0.399. The van der Waals surface area contributed by atoms with Crippen molar-refractivity contribution in [2.75, 3.05) is 7.11 Å². The Hall–Kier alpha value is -2.07. The number of rotatable bonds is 3. The zero-order valence-corrected chi connectivity index (χ0v) is 10.1. The van der Waals surface area contributed by atoms with Gasteiger partial charge in [-0.1, -0.05) is 12.1 Å². The second-order valence-electron chi connectivity index (χ2n) is 3.52. The minimum Gasteiger partial charge on any atom is -0.400 e. The number of benzene rings is 1. The monoisotopic (exact) mass is 246 g/mol. The smallest absolute Gasteiger partial charge is 0.123 e. The van der Waals surface area contributed by atoms with Gasteiger partial charge in [0.1, 0.15) is 5.82 Å². The lowest BCUT2D eigenvalue weighted by atomic mass is 10.0. The number of aliphatic hydroxyl groups excluding tert-OH is 1. The van der Waals surface area contributed by atoms with Crippen molar-refractivity contribution in [2.45, 2.75) is 6.42 Å². The van der Waals surface area contributed by atoms with Crippen LogP contribution in [0.25, 0.3) is 0 Å². The minimum absolute atomic E-state index is 0.251. The van der Waals surface area contributed by atoms with Crippen molar-refractivity contribution in [3.63, 3.8) is 0 Å². The first-order valence-corrected chi connectivity index (χ1v) is 5.43. The van der Waals surface area contributed by atoms with Crippen LogP contribution in [0.2, 0.25) is 0 Å². The van der Waals surface area contributed by atoms with E-state index in [2.05, 4.69) is 4.98 Å². The lowest BCUT2D eigenvalue weighted by Gasteiger charge is -2.03. The van der Waals surface area contributed by atoms with Crippen LogP contribution in [-0.2, 0) is 6.42 Å². The average Bonchev–Trinajstić information content (AvgIpc) is 2.44. The molecule has 1 aromatic heterocycles. The van der Waals surface area contributed by atoms with Gasteiger partial charge in [0, 0.05) is 31.6 Å². The molecule has 2 N–H and O–H groups in total. The third-order valence-electron chi connectivity index (χ3n) is 2.32. The predicted molar refractivity (Wildman–Crippen MR) is 69.3 cm³/mol. The summed E-state index contributed by atoms with van der Waals surface area (Å²) >= 11 is 0. The predicted octanol–water partition coefficient (Wildman–Crippen LogP) is 2.44. The molecule has 0 fully saturated rings. The molecule has 0 aliphatic carbocycles. The number of hydrogen-bond donors (Lipinski definition) is 2. The van der Waals surface area contributed by atoms with Gasteiger partial charge < -0.3 is 10.5 Å². The largest absolute Gasteiger partial charge is 0.400 e. The van der Waals surface area contributed by atoms with Gasteiger partial charge in [0.15, 0.2) is 0 Å². The number of nitrogens with zero attached hydrogens (tertiary/aromatic N) is 1. The van der Waals surface area contributed by atoms with Gasteiger partial charge >= 0.3 is 0 Å². The molecule has 3 nitrogen and oxygen atoms in total. The summed E-state index contributed by atoms with van der Waals surface area (Å²) in [5.41, 5.74) is 2.29. The summed E-state index contributed by atoms with van der Waals surface area (Å²) in [4.78, 5) is 3.90. The van der Waals surface area contributed by atoms with E-state index in [1.54, 1.807) is 36.7 Å². The Morgan fingerprint density at radius 3 is 2.22 bits per heavy atom. The highest BCUT2D eigenvalue weighted by molar-refractivity contribution is 5.99. The first kappa shape index (κ1) is 14.0. The standard InChI is InChI=1S/C13H11FN2.CH4O/c14-12-3-1-10(2-4-12)9-13(15)11-5-7-16-8-6-11;1-2/h1-8,15H,9H2;2H,1H3. The van der Waals surface area contributed by atoms with E-state index in [0.29, 0.717) is 12.1 Å². The summed E-state index contributed by atoms with van der Waals surface area (Å²) in [5.74, 6) is -0.251. The van der Waals surface area contributed by atoms with Crippen molar-refractivity contribution in [2.24, 2.45) is 0 Å². The van der Waals surface area contributed by atoms with Gasteiger partial charge in [-0.3, -0.25) is 4.98 Å². The topological polar surface area (TPSA) is 57.0 Å². The molecule has 0 saturated heterocycles. The molecular formula is C14H15FN2O. The molecule has 0 radical (unpaired) electrons. The lowest BCUT2D eigenvalue weighted by Crippen LogP contribution is -2.03. The molecular weight excluding hydrogens is 231 g/mol. The zero-order chi connectivity index (χ0) is 13.4. The number of halogens is 1. The van der Waals surface area contributed by atoms with Crippen LogP contribution in [-0.4, -0.2) is 22.9 Å². The van der Waals surface area contributed by atoms with E-state index in [9.17, 15) is 4.39 Å². The summed E-state index contributed by atoms with van der Waals surface area (Å²) in [6, 6.07) is 9.82. The molecule has 0 bridgehead atoms. The Morgan fingerprint density at radius 2 is 1.67 bits per heavy atom. The zero-order valence-electron chi connectivity index (χ0n) is 10.1. The SMILES string of the molecule is CO.N=C(Cc1ccc(F)cc1)c1ccncc1. The van der Waals surface area contributed by atoms with Crippen LogP contribution in [0, 0.1) is 11.2 Å². The molecule has 94 valence electrons. The summed E-state index contributed by atoms with van der Waals surface area (Å²) in [5, 5.41) is 14.9. The molecule has 0 spiro atoms. The fourth-order valence-corrected chi connectivity index (χ4v) is 1.46. The van der Waals surface area contributed by atoms with Crippen LogP contribution >= 0.6 is 0 Å². The Bertz CT molecular complexity index is 483. The van der Waals surface area contributed by atoms with E-state index < -0.39 is 0 Å². The van der Waals surface area contributed by atoms with Gasteiger partial charge in [0.2, 0.25) is 0 Å². The Balaban J connectivity index is 0.000000771. The maximum atomic E-state index is 12.7. The normalized spacial score (nSPS) is 9.28. The van der Waals surface area contributed by atoms with Gasteiger partial charge in [-0.25, -0.2) is 4.39 Å². The van der Waals surface area contributed by atoms with E-state index in [-0.39, 0.29) is 5.82 Å². The van der Waals surface area contributed by atoms with Crippen molar-refractivity contribution < 1.29 is 9.50 Å². The fraction of sp³-hybridized carbons (Fsp3) is 0.143. The number of hydrogen-bond acceptors (Lipinski definition) is 3. The molecule has 0 saturated carbocycles. The van der Waals surface area contributed by atoms with Crippen LogP contribution in [0.15, 0.2) is 48.8 Å².